The molecule has 3 N–H and O–H groups in total. The summed E-state index contributed by atoms with van der Waals surface area (Å²) < 4.78 is 6.09. The fourth-order valence-electron chi connectivity index (χ4n) is 3.20. The molecule has 0 spiro atoms. The SMILES string of the molecule is Cc1ccc(NC(N)=NCCCOC2CCCc3ccccc32)cc1. The lowest BCUT2D eigenvalue weighted by molar-refractivity contribution is 0.0403. The Bertz CT molecular complexity index is 709. The summed E-state index contributed by atoms with van der Waals surface area (Å²) in [5.41, 5.74) is 10.9. The molecule has 2 aromatic rings. The quantitative estimate of drug-likeness (QED) is 0.472. The number of nitrogens with one attached hydrogen (secondary N) is 1. The highest BCUT2D eigenvalue weighted by Crippen LogP contribution is 2.32. The van der Waals surface area contributed by atoms with Gasteiger partial charge in [-0.25, -0.2) is 0 Å². The van der Waals surface area contributed by atoms with E-state index in [-0.39, 0.29) is 6.10 Å². The predicted molar refractivity (Wildman–Crippen MR) is 104 cm³/mol. The van der Waals surface area contributed by atoms with Gasteiger partial charge in [0.05, 0.1) is 6.10 Å². The van der Waals surface area contributed by atoms with Gasteiger partial charge in [0.25, 0.3) is 0 Å². The van der Waals surface area contributed by atoms with Crippen LogP contribution < -0.4 is 11.1 Å². The third-order valence-electron chi connectivity index (χ3n) is 4.54. The van der Waals surface area contributed by atoms with Crippen molar-refractivity contribution in [2.75, 3.05) is 18.5 Å². The Balaban J connectivity index is 1.41. The van der Waals surface area contributed by atoms with Gasteiger partial charge in [0.15, 0.2) is 5.96 Å². The molecule has 1 aliphatic rings. The number of nitrogens with two attached hydrogens (primary N) is 1. The van der Waals surface area contributed by atoms with Crippen molar-refractivity contribution in [2.45, 2.75) is 38.7 Å². The van der Waals surface area contributed by atoms with E-state index in [1.165, 1.54) is 29.5 Å². The second-order valence-corrected chi connectivity index (χ2v) is 6.56. The number of benzene rings is 2. The van der Waals surface area contributed by atoms with Gasteiger partial charge in [0.2, 0.25) is 0 Å². The number of hydrogen-bond donors (Lipinski definition) is 2. The molecule has 0 aliphatic heterocycles. The van der Waals surface area contributed by atoms with Crippen LogP contribution in [-0.4, -0.2) is 19.1 Å². The lowest BCUT2D eigenvalue weighted by Gasteiger charge is -2.25. The Morgan fingerprint density at radius 2 is 2.00 bits per heavy atom. The van der Waals surface area contributed by atoms with Crippen LogP contribution in [0.5, 0.6) is 0 Å². The largest absolute Gasteiger partial charge is 0.373 e. The van der Waals surface area contributed by atoms with E-state index in [0.717, 1.165) is 18.5 Å². The molecule has 0 saturated carbocycles. The van der Waals surface area contributed by atoms with Crippen molar-refractivity contribution >= 4 is 11.6 Å². The first-order chi connectivity index (χ1) is 12.2. The third kappa shape index (κ3) is 5.07. The Morgan fingerprint density at radius 1 is 1.20 bits per heavy atom. The number of rotatable bonds is 6. The minimum Gasteiger partial charge on any atom is -0.373 e. The number of aryl methyl sites for hydroxylation is 2. The summed E-state index contributed by atoms with van der Waals surface area (Å²) in [5, 5.41) is 3.11. The number of fused-ring (bicyclic) bond motifs is 1. The first-order valence-corrected chi connectivity index (χ1v) is 9.05. The molecule has 0 aromatic heterocycles. The highest BCUT2D eigenvalue weighted by atomic mass is 16.5. The van der Waals surface area contributed by atoms with E-state index < -0.39 is 0 Å². The van der Waals surface area contributed by atoms with E-state index in [0.29, 0.717) is 19.1 Å². The fraction of sp³-hybridized carbons (Fsp3) is 0.381. The monoisotopic (exact) mass is 337 g/mol. The minimum absolute atomic E-state index is 0.233. The van der Waals surface area contributed by atoms with Gasteiger partial charge < -0.3 is 15.8 Å². The van der Waals surface area contributed by atoms with E-state index in [9.17, 15) is 0 Å². The number of nitrogens with zero attached hydrogens (tertiary/aromatic N) is 1. The molecule has 0 saturated heterocycles. The molecule has 4 nitrogen and oxygen atoms in total. The molecule has 2 aromatic carbocycles. The zero-order valence-corrected chi connectivity index (χ0v) is 14.9. The summed E-state index contributed by atoms with van der Waals surface area (Å²) in [5.74, 6) is 0.451. The Hall–Kier alpha value is -2.33. The van der Waals surface area contributed by atoms with E-state index in [2.05, 4.69) is 41.5 Å². The summed E-state index contributed by atoms with van der Waals surface area (Å²) in [4.78, 5) is 4.37. The zero-order chi connectivity index (χ0) is 17.5. The van der Waals surface area contributed by atoms with Crippen LogP contribution in [0.15, 0.2) is 53.5 Å². The Kier molecular flexibility index (Phi) is 6.07. The first kappa shape index (κ1) is 17.5. The van der Waals surface area contributed by atoms with Gasteiger partial charge in [0, 0.05) is 18.8 Å². The number of hydrogen-bond acceptors (Lipinski definition) is 2. The van der Waals surface area contributed by atoms with Gasteiger partial charge in [0.1, 0.15) is 0 Å². The van der Waals surface area contributed by atoms with Gasteiger partial charge in [-0.1, -0.05) is 42.0 Å². The Labute approximate surface area is 150 Å². The smallest absolute Gasteiger partial charge is 0.193 e. The standard InChI is InChI=1S/C21H27N3O/c1-16-10-12-18(13-11-16)24-21(22)23-14-5-15-25-20-9-4-7-17-6-2-3-8-19(17)20/h2-3,6,8,10-13,20H,4-5,7,9,14-15H2,1H3,(H3,22,23,24). The molecule has 132 valence electrons. The molecular formula is C21H27N3O. The number of anilines is 1. The van der Waals surface area contributed by atoms with E-state index in [1.807, 2.05) is 24.3 Å². The Morgan fingerprint density at radius 3 is 2.84 bits per heavy atom. The molecule has 1 unspecified atom stereocenters. The van der Waals surface area contributed by atoms with Crippen molar-refractivity contribution in [1.82, 2.24) is 0 Å². The van der Waals surface area contributed by atoms with Crippen molar-refractivity contribution in [1.29, 1.82) is 0 Å². The normalized spacial score (nSPS) is 17.2. The van der Waals surface area contributed by atoms with Crippen LogP contribution in [0.3, 0.4) is 0 Å². The van der Waals surface area contributed by atoms with Gasteiger partial charge >= 0.3 is 0 Å². The molecule has 0 heterocycles. The molecule has 4 heteroatoms. The fourth-order valence-corrected chi connectivity index (χ4v) is 3.20. The second-order valence-electron chi connectivity index (χ2n) is 6.56. The van der Waals surface area contributed by atoms with Crippen molar-refractivity contribution in [3.63, 3.8) is 0 Å². The summed E-state index contributed by atoms with van der Waals surface area (Å²) in [7, 11) is 0. The lowest BCUT2D eigenvalue weighted by Crippen LogP contribution is -2.23. The van der Waals surface area contributed by atoms with Gasteiger partial charge in [-0.05, 0) is 55.9 Å². The molecular weight excluding hydrogens is 310 g/mol. The molecule has 1 atom stereocenters. The van der Waals surface area contributed by atoms with E-state index >= 15 is 0 Å². The summed E-state index contributed by atoms with van der Waals surface area (Å²) >= 11 is 0. The topological polar surface area (TPSA) is 59.6 Å². The average Bonchev–Trinajstić information content (AvgIpc) is 2.63. The molecule has 0 amide bonds. The molecule has 3 rings (SSSR count). The number of aliphatic imine (C=N–C) groups is 1. The maximum atomic E-state index is 6.09. The van der Waals surface area contributed by atoms with E-state index in [4.69, 9.17) is 10.5 Å². The maximum Gasteiger partial charge on any atom is 0.193 e. The van der Waals surface area contributed by atoms with Gasteiger partial charge in [-0.2, -0.15) is 0 Å². The summed E-state index contributed by atoms with van der Waals surface area (Å²) in [6, 6.07) is 16.7. The average molecular weight is 337 g/mol. The molecule has 1 aliphatic carbocycles. The van der Waals surface area contributed by atoms with Crippen molar-refractivity contribution < 1.29 is 4.74 Å². The summed E-state index contributed by atoms with van der Waals surface area (Å²) in [6.45, 7) is 3.44. The zero-order valence-electron chi connectivity index (χ0n) is 14.9. The van der Waals surface area contributed by atoms with Gasteiger partial charge in [-0.3, -0.25) is 4.99 Å². The molecule has 0 fully saturated rings. The van der Waals surface area contributed by atoms with Crippen LogP contribution in [0.4, 0.5) is 5.69 Å². The van der Waals surface area contributed by atoms with Crippen LogP contribution in [0.2, 0.25) is 0 Å². The predicted octanol–water partition coefficient (Wildman–Crippen LogP) is 4.21. The van der Waals surface area contributed by atoms with Crippen LogP contribution >= 0.6 is 0 Å². The van der Waals surface area contributed by atoms with Crippen LogP contribution in [0.1, 0.15) is 42.1 Å². The van der Waals surface area contributed by atoms with Crippen molar-refractivity contribution in [2.24, 2.45) is 10.7 Å². The van der Waals surface area contributed by atoms with Crippen LogP contribution in [0.25, 0.3) is 0 Å². The highest BCUT2D eigenvalue weighted by Gasteiger charge is 2.19. The number of ether oxygens (including phenoxy) is 1. The van der Waals surface area contributed by atoms with Gasteiger partial charge in [-0.15, -0.1) is 0 Å². The van der Waals surface area contributed by atoms with E-state index in [1.54, 1.807) is 0 Å². The summed E-state index contributed by atoms with van der Waals surface area (Å²) in [6.07, 6.45) is 4.58. The first-order valence-electron chi connectivity index (χ1n) is 9.05. The second kappa shape index (κ2) is 8.67. The molecule has 0 radical (unpaired) electrons. The molecule has 25 heavy (non-hydrogen) atoms. The van der Waals surface area contributed by atoms with Crippen LogP contribution in [0, 0.1) is 6.92 Å². The highest BCUT2D eigenvalue weighted by molar-refractivity contribution is 5.92. The van der Waals surface area contributed by atoms with Crippen LogP contribution in [-0.2, 0) is 11.2 Å². The molecule has 0 bridgehead atoms. The van der Waals surface area contributed by atoms with Crippen molar-refractivity contribution in [3.8, 4) is 0 Å². The lowest BCUT2D eigenvalue weighted by atomic mass is 9.89. The number of guanidine groups is 1. The minimum atomic E-state index is 0.233. The van der Waals surface area contributed by atoms with Crippen molar-refractivity contribution in [3.05, 3.63) is 65.2 Å². The maximum absolute atomic E-state index is 6.09. The third-order valence-corrected chi connectivity index (χ3v) is 4.54.